The minimum Gasteiger partial charge on any atom is -0.478 e. The van der Waals surface area contributed by atoms with Crippen LogP contribution in [0.1, 0.15) is 15.9 Å². The molecule has 1 aliphatic rings. The zero-order chi connectivity index (χ0) is 15.4. The van der Waals surface area contributed by atoms with E-state index in [1.807, 2.05) is 18.2 Å². The number of carboxylic acids is 1. The molecule has 1 saturated heterocycles. The molecule has 22 heavy (non-hydrogen) atoms. The van der Waals surface area contributed by atoms with Gasteiger partial charge in [0.05, 0.1) is 5.56 Å². The minimum absolute atomic E-state index is 0.343. The van der Waals surface area contributed by atoms with Crippen LogP contribution < -0.4 is 10.2 Å². The second kappa shape index (κ2) is 6.62. The number of nitrogens with one attached hydrogen (secondary N) is 1. The minimum atomic E-state index is -0.877. The fraction of sp³-hybridized carbons (Fsp3) is 0.278. The summed E-state index contributed by atoms with van der Waals surface area (Å²) in [6.07, 6.45) is 0.982. The van der Waals surface area contributed by atoms with Gasteiger partial charge < -0.3 is 15.3 Å². The number of aromatic carboxylic acids is 1. The molecule has 0 amide bonds. The maximum Gasteiger partial charge on any atom is 0.335 e. The number of hydrogen-bond acceptors (Lipinski definition) is 3. The van der Waals surface area contributed by atoms with E-state index in [9.17, 15) is 4.79 Å². The van der Waals surface area contributed by atoms with Gasteiger partial charge in [0.1, 0.15) is 0 Å². The molecule has 0 saturated carbocycles. The number of piperazine rings is 1. The Labute approximate surface area is 130 Å². The summed E-state index contributed by atoms with van der Waals surface area (Å²) in [4.78, 5) is 13.4. The third-order valence-corrected chi connectivity index (χ3v) is 4.04. The summed E-state index contributed by atoms with van der Waals surface area (Å²) in [5.41, 5.74) is 2.65. The van der Waals surface area contributed by atoms with E-state index in [1.165, 1.54) is 5.56 Å². The highest BCUT2D eigenvalue weighted by molar-refractivity contribution is 5.88. The van der Waals surface area contributed by atoms with Crippen LogP contribution in [-0.4, -0.2) is 36.8 Å². The smallest absolute Gasteiger partial charge is 0.335 e. The molecule has 1 fully saturated rings. The van der Waals surface area contributed by atoms with Gasteiger partial charge in [0.15, 0.2) is 0 Å². The zero-order valence-corrected chi connectivity index (χ0v) is 12.4. The van der Waals surface area contributed by atoms with Crippen molar-refractivity contribution < 1.29 is 9.90 Å². The Hall–Kier alpha value is -2.33. The Kier molecular flexibility index (Phi) is 4.39. The van der Waals surface area contributed by atoms with Crippen LogP contribution in [0.25, 0.3) is 0 Å². The molecule has 0 spiro atoms. The molecule has 0 bridgehead atoms. The molecule has 1 heterocycles. The molecule has 2 aromatic carbocycles. The Bertz CT molecular complexity index is 643. The van der Waals surface area contributed by atoms with Crippen molar-refractivity contribution in [3.05, 3.63) is 65.7 Å². The predicted octanol–water partition coefficient (Wildman–Crippen LogP) is 2.41. The molecule has 0 aliphatic carbocycles. The van der Waals surface area contributed by atoms with Gasteiger partial charge in [-0.2, -0.15) is 0 Å². The second-order valence-corrected chi connectivity index (χ2v) is 5.64. The Balaban J connectivity index is 1.70. The van der Waals surface area contributed by atoms with Gasteiger partial charge in [0.25, 0.3) is 0 Å². The van der Waals surface area contributed by atoms with Crippen LogP contribution >= 0.6 is 0 Å². The summed E-state index contributed by atoms with van der Waals surface area (Å²) in [7, 11) is 0. The van der Waals surface area contributed by atoms with Crippen LogP contribution in [0, 0.1) is 0 Å². The topological polar surface area (TPSA) is 52.6 Å². The van der Waals surface area contributed by atoms with E-state index < -0.39 is 5.97 Å². The van der Waals surface area contributed by atoms with E-state index in [0.717, 1.165) is 31.7 Å². The lowest BCUT2D eigenvalue weighted by atomic mass is 10.0. The monoisotopic (exact) mass is 296 g/mol. The van der Waals surface area contributed by atoms with Crippen molar-refractivity contribution >= 4 is 11.7 Å². The van der Waals surface area contributed by atoms with Gasteiger partial charge in [-0.3, -0.25) is 0 Å². The second-order valence-electron chi connectivity index (χ2n) is 5.64. The first-order valence-electron chi connectivity index (χ1n) is 7.58. The summed E-state index contributed by atoms with van der Waals surface area (Å²) < 4.78 is 0. The summed E-state index contributed by atoms with van der Waals surface area (Å²) in [5, 5.41) is 12.7. The van der Waals surface area contributed by atoms with E-state index in [-0.39, 0.29) is 0 Å². The van der Waals surface area contributed by atoms with Gasteiger partial charge >= 0.3 is 5.97 Å². The zero-order valence-electron chi connectivity index (χ0n) is 12.4. The number of carbonyl (C=O) groups is 1. The average molecular weight is 296 g/mol. The lowest BCUT2D eigenvalue weighted by Crippen LogP contribution is -2.51. The van der Waals surface area contributed by atoms with E-state index >= 15 is 0 Å². The van der Waals surface area contributed by atoms with E-state index in [4.69, 9.17) is 5.11 Å². The average Bonchev–Trinajstić information content (AvgIpc) is 2.56. The standard InChI is InChI=1S/C18H20N2O2/c21-18(22)15-7-4-8-17(12-15)20-10-9-19-16(13-20)11-14-5-2-1-3-6-14/h1-8,12,16,19H,9-11,13H2,(H,21,22)/t16-/m0/s1. The van der Waals surface area contributed by atoms with E-state index in [1.54, 1.807) is 12.1 Å². The number of benzene rings is 2. The fourth-order valence-corrected chi connectivity index (χ4v) is 2.93. The molecule has 3 rings (SSSR count). The maximum atomic E-state index is 11.1. The van der Waals surface area contributed by atoms with Crippen molar-refractivity contribution in [2.45, 2.75) is 12.5 Å². The van der Waals surface area contributed by atoms with E-state index in [2.05, 4.69) is 34.5 Å². The Morgan fingerprint density at radius 1 is 1.18 bits per heavy atom. The van der Waals surface area contributed by atoms with Crippen molar-refractivity contribution in [1.82, 2.24) is 5.32 Å². The molecular weight excluding hydrogens is 276 g/mol. The number of hydrogen-bond donors (Lipinski definition) is 2. The third kappa shape index (κ3) is 3.46. The molecule has 0 unspecified atom stereocenters. The molecular formula is C18H20N2O2. The molecule has 2 aromatic rings. The first kappa shape index (κ1) is 14.6. The van der Waals surface area contributed by atoms with Crippen molar-refractivity contribution in [3.8, 4) is 0 Å². The highest BCUT2D eigenvalue weighted by atomic mass is 16.4. The number of nitrogens with zero attached hydrogens (tertiary/aromatic N) is 1. The van der Waals surface area contributed by atoms with Crippen LogP contribution in [0.15, 0.2) is 54.6 Å². The van der Waals surface area contributed by atoms with Crippen LogP contribution in [0.2, 0.25) is 0 Å². The highest BCUT2D eigenvalue weighted by Gasteiger charge is 2.20. The van der Waals surface area contributed by atoms with Gasteiger partial charge in [-0.15, -0.1) is 0 Å². The predicted molar refractivity (Wildman–Crippen MR) is 87.6 cm³/mol. The van der Waals surface area contributed by atoms with Crippen molar-refractivity contribution in [2.24, 2.45) is 0 Å². The maximum absolute atomic E-state index is 11.1. The summed E-state index contributed by atoms with van der Waals surface area (Å²) in [5.74, 6) is -0.877. The van der Waals surface area contributed by atoms with Gasteiger partial charge in [-0.1, -0.05) is 36.4 Å². The third-order valence-electron chi connectivity index (χ3n) is 4.04. The summed E-state index contributed by atoms with van der Waals surface area (Å²) in [6.45, 7) is 2.70. The normalized spacial score (nSPS) is 18.2. The van der Waals surface area contributed by atoms with Crippen LogP contribution in [-0.2, 0) is 6.42 Å². The Morgan fingerprint density at radius 2 is 2.00 bits per heavy atom. The van der Waals surface area contributed by atoms with Gasteiger partial charge in [-0.05, 0) is 30.2 Å². The van der Waals surface area contributed by atoms with Crippen molar-refractivity contribution in [2.75, 3.05) is 24.5 Å². The molecule has 4 heteroatoms. The van der Waals surface area contributed by atoms with Gasteiger partial charge in [0.2, 0.25) is 0 Å². The molecule has 4 nitrogen and oxygen atoms in total. The first-order valence-corrected chi connectivity index (χ1v) is 7.58. The van der Waals surface area contributed by atoms with E-state index in [0.29, 0.717) is 11.6 Å². The molecule has 1 aliphatic heterocycles. The Morgan fingerprint density at radius 3 is 2.77 bits per heavy atom. The van der Waals surface area contributed by atoms with Crippen molar-refractivity contribution in [3.63, 3.8) is 0 Å². The quantitative estimate of drug-likeness (QED) is 0.910. The molecule has 2 N–H and O–H groups in total. The van der Waals surface area contributed by atoms with Crippen LogP contribution in [0.5, 0.6) is 0 Å². The fourth-order valence-electron chi connectivity index (χ4n) is 2.93. The summed E-state index contributed by atoms with van der Waals surface area (Å²) in [6, 6.07) is 18.0. The van der Waals surface area contributed by atoms with Crippen LogP contribution in [0.4, 0.5) is 5.69 Å². The highest BCUT2D eigenvalue weighted by Crippen LogP contribution is 2.19. The molecule has 0 radical (unpaired) electrons. The molecule has 114 valence electrons. The largest absolute Gasteiger partial charge is 0.478 e. The van der Waals surface area contributed by atoms with Crippen LogP contribution in [0.3, 0.4) is 0 Å². The SMILES string of the molecule is O=C(O)c1cccc(N2CCN[C@@H](Cc3ccccc3)C2)c1. The first-order chi connectivity index (χ1) is 10.7. The van der Waals surface area contributed by atoms with Gasteiger partial charge in [-0.25, -0.2) is 4.79 Å². The van der Waals surface area contributed by atoms with Gasteiger partial charge in [0, 0.05) is 31.4 Å². The number of carboxylic acid groups (broad SMARTS) is 1. The molecule has 0 aromatic heterocycles. The lowest BCUT2D eigenvalue weighted by molar-refractivity contribution is 0.0697. The number of rotatable bonds is 4. The number of anilines is 1. The lowest BCUT2D eigenvalue weighted by Gasteiger charge is -2.35. The molecule has 1 atom stereocenters. The van der Waals surface area contributed by atoms with Crippen molar-refractivity contribution in [1.29, 1.82) is 0 Å². The summed E-state index contributed by atoms with van der Waals surface area (Å²) >= 11 is 0.